The van der Waals surface area contributed by atoms with Gasteiger partial charge in [0, 0.05) is 0 Å². The predicted octanol–water partition coefficient (Wildman–Crippen LogP) is 2.98. The Bertz CT molecular complexity index is 808. The molecule has 0 saturated heterocycles. The fraction of sp³-hybridized carbons (Fsp3) is 0.429. The number of hydrogen-bond donors (Lipinski definition) is 1. The fourth-order valence-electron chi connectivity index (χ4n) is 2.06. The lowest BCUT2D eigenvalue weighted by molar-refractivity contribution is -0.133. The van der Waals surface area contributed by atoms with E-state index in [1.807, 2.05) is 13.8 Å². The summed E-state index contributed by atoms with van der Waals surface area (Å²) in [6.45, 7) is 2.91. The number of fused-ring (bicyclic) bond motifs is 1. The van der Waals surface area contributed by atoms with E-state index >= 15 is 0 Å². The van der Waals surface area contributed by atoms with Gasteiger partial charge in [-0.15, -0.1) is 11.6 Å². The summed E-state index contributed by atoms with van der Waals surface area (Å²) in [6, 6.07) is 4.90. The van der Waals surface area contributed by atoms with Crippen LogP contribution in [0.1, 0.15) is 25.3 Å². The van der Waals surface area contributed by atoms with Crippen LogP contribution in [0.25, 0.3) is 10.9 Å². The number of rotatable bonds is 3. The highest BCUT2D eigenvalue weighted by molar-refractivity contribution is 6.21. The molecular weight excluding hydrogens is 321 g/mol. The molecular formula is C14H14ClF3N2O2. The molecule has 1 aromatic carbocycles. The van der Waals surface area contributed by atoms with Crippen LogP contribution in [-0.4, -0.2) is 21.1 Å². The van der Waals surface area contributed by atoms with E-state index in [9.17, 15) is 22.8 Å². The second kappa shape index (κ2) is 5.79. The zero-order chi connectivity index (χ0) is 16.7. The topological polar surface area (TPSA) is 54.9 Å². The van der Waals surface area contributed by atoms with Crippen LogP contribution in [0.5, 0.6) is 0 Å². The maximum Gasteiger partial charge on any atom is 0.406 e. The molecule has 1 N–H and O–H groups in total. The number of aromatic nitrogens is 2. The summed E-state index contributed by atoms with van der Waals surface area (Å²) in [5.41, 5.74) is -0.559. The van der Waals surface area contributed by atoms with Crippen molar-refractivity contribution in [1.82, 2.24) is 9.55 Å². The van der Waals surface area contributed by atoms with Crippen molar-refractivity contribution < 1.29 is 13.2 Å². The zero-order valence-corrected chi connectivity index (χ0v) is 12.6. The molecule has 1 atom stereocenters. The molecule has 1 heterocycles. The molecule has 0 saturated carbocycles. The van der Waals surface area contributed by atoms with Crippen molar-refractivity contribution in [3.8, 4) is 0 Å². The summed E-state index contributed by atoms with van der Waals surface area (Å²) in [5.74, 6) is 0.139. The third kappa shape index (κ3) is 3.19. The Balaban J connectivity index is 2.60. The average molecular weight is 335 g/mol. The van der Waals surface area contributed by atoms with Crippen LogP contribution in [-0.2, 0) is 6.54 Å². The van der Waals surface area contributed by atoms with Crippen LogP contribution in [0.15, 0.2) is 27.8 Å². The lowest BCUT2D eigenvalue weighted by Crippen LogP contribution is -2.40. The zero-order valence-electron chi connectivity index (χ0n) is 11.9. The maximum atomic E-state index is 12.5. The maximum absolute atomic E-state index is 12.5. The van der Waals surface area contributed by atoms with Crippen LogP contribution in [0.4, 0.5) is 13.2 Å². The van der Waals surface area contributed by atoms with Crippen LogP contribution in [0, 0.1) is 0 Å². The predicted molar refractivity (Wildman–Crippen MR) is 78.6 cm³/mol. The highest BCUT2D eigenvalue weighted by Crippen LogP contribution is 2.25. The normalized spacial score (nSPS) is 13.8. The van der Waals surface area contributed by atoms with Crippen molar-refractivity contribution in [3.63, 3.8) is 0 Å². The van der Waals surface area contributed by atoms with Gasteiger partial charge >= 0.3 is 11.9 Å². The second-order valence-corrected chi connectivity index (χ2v) is 5.84. The number of H-pyrrole nitrogens is 1. The van der Waals surface area contributed by atoms with Crippen molar-refractivity contribution in [2.75, 3.05) is 0 Å². The number of aromatic amines is 1. The average Bonchev–Trinajstić information content (AvgIpc) is 2.41. The van der Waals surface area contributed by atoms with E-state index in [1.165, 1.54) is 0 Å². The minimum Gasteiger partial charge on any atom is -0.307 e. The Labute approximate surface area is 128 Å². The van der Waals surface area contributed by atoms with E-state index in [0.717, 1.165) is 5.56 Å². The number of nitrogens with zero attached hydrogens (tertiary/aromatic N) is 1. The Morgan fingerprint density at radius 3 is 2.45 bits per heavy atom. The van der Waals surface area contributed by atoms with E-state index in [4.69, 9.17) is 11.6 Å². The van der Waals surface area contributed by atoms with Gasteiger partial charge in [-0.05, 0) is 23.6 Å². The van der Waals surface area contributed by atoms with Gasteiger partial charge in [0.15, 0.2) is 0 Å². The number of halogens is 4. The number of hydrogen-bond acceptors (Lipinski definition) is 2. The molecule has 0 fully saturated rings. The van der Waals surface area contributed by atoms with Gasteiger partial charge in [-0.25, -0.2) is 4.79 Å². The molecule has 120 valence electrons. The van der Waals surface area contributed by atoms with Gasteiger partial charge in [0.1, 0.15) is 5.38 Å². The molecule has 0 radical (unpaired) electrons. The molecule has 4 nitrogen and oxygen atoms in total. The number of benzene rings is 1. The standard InChI is InChI=1S/C14H14ClF3N2O2/c1-7(2)8-3-4-10-9(5-8)12(21)20(13(22)19-10)6-11(15)14(16,17)18/h3-5,7,11H,6H2,1-2H3,(H,19,22). The molecule has 2 rings (SSSR count). The van der Waals surface area contributed by atoms with Crippen LogP contribution >= 0.6 is 11.6 Å². The van der Waals surface area contributed by atoms with Crippen LogP contribution < -0.4 is 11.2 Å². The molecule has 22 heavy (non-hydrogen) atoms. The number of nitrogens with one attached hydrogen (secondary N) is 1. The van der Waals surface area contributed by atoms with Crippen molar-refractivity contribution >= 4 is 22.5 Å². The van der Waals surface area contributed by atoms with E-state index in [0.29, 0.717) is 4.57 Å². The van der Waals surface area contributed by atoms with Crippen molar-refractivity contribution in [3.05, 3.63) is 44.6 Å². The molecule has 8 heteroatoms. The minimum absolute atomic E-state index is 0.139. The van der Waals surface area contributed by atoms with Gasteiger partial charge < -0.3 is 4.98 Å². The Morgan fingerprint density at radius 2 is 1.91 bits per heavy atom. The molecule has 0 bridgehead atoms. The van der Waals surface area contributed by atoms with Crippen LogP contribution in [0.3, 0.4) is 0 Å². The summed E-state index contributed by atoms with van der Waals surface area (Å²) in [5, 5.41) is -2.14. The third-order valence-corrected chi connectivity index (χ3v) is 3.76. The first-order valence-corrected chi connectivity index (χ1v) is 7.02. The van der Waals surface area contributed by atoms with Gasteiger partial charge in [0.05, 0.1) is 17.4 Å². The van der Waals surface area contributed by atoms with Crippen molar-refractivity contribution in [2.24, 2.45) is 0 Å². The quantitative estimate of drug-likeness (QED) is 0.877. The first-order chi connectivity index (χ1) is 10.1. The lowest BCUT2D eigenvalue weighted by Gasteiger charge is -2.15. The van der Waals surface area contributed by atoms with E-state index in [-0.39, 0.29) is 16.8 Å². The highest BCUT2D eigenvalue weighted by atomic mass is 35.5. The summed E-state index contributed by atoms with van der Waals surface area (Å²) < 4.78 is 38.1. The third-order valence-electron chi connectivity index (χ3n) is 3.37. The lowest BCUT2D eigenvalue weighted by atomic mass is 10.0. The molecule has 0 aliphatic heterocycles. The molecule has 0 amide bonds. The van der Waals surface area contributed by atoms with Gasteiger partial charge in [-0.1, -0.05) is 19.9 Å². The first kappa shape index (κ1) is 16.6. The summed E-state index contributed by atoms with van der Waals surface area (Å²) in [6.07, 6.45) is -4.69. The van der Waals surface area contributed by atoms with Crippen LogP contribution in [0.2, 0.25) is 0 Å². The molecule has 2 aromatic rings. The summed E-state index contributed by atoms with van der Waals surface area (Å²) in [4.78, 5) is 26.5. The SMILES string of the molecule is CC(C)c1ccc2[nH]c(=O)n(CC(Cl)C(F)(F)F)c(=O)c2c1. The molecule has 0 aliphatic rings. The molecule has 1 unspecified atom stereocenters. The minimum atomic E-state index is -4.69. The highest BCUT2D eigenvalue weighted by Gasteiger charge is 2.38. The molecule has 0 spiro atoms. The van der Waals surface area contributed by atoms with Crippen molar-refractivity contribution in [2.45, 2.75) is 37.9 Å². The van der Waals surface area contributed by atoms with Gasteiger partial charge in [0.2, 0.25) is 0 Å². The first-order valence-electron chi connectivity index (χ1n) is 6.59. The Kier molecular flexibility index (Phi) is 4.37. The smallest absolute Gasteiger partial charge is 0.307 e. The molecule has 1 aromatic heterocycles. The van der Waals surface area contributed by atoms with Gasteiger partial charge in [-0.3, -0.25) is 9.36 Å². The van der Waals surface area contributed by atoms with E-state index < -0.39 is 29.3 Å². The van der Waals surface area contributed by atoms with Gasteiger partial charge in [-0.2, -0.15) is 13.2 Å². The second-order valence-electron chi connectivity index (χ2n) is 5.31. The Morgan fingerprint density at radius 1 is 1.27 bits per heavy atom. The fourth-order valence-corrected chi connectivity index (χ4v) is 2.19. The molecule has 0 aliphatic carbocycles. The van der Waals surface area contributed by atoms with Gasteiger partial charge in [0.25, 0.3) is 5.56 Å². The van der Waals surface area contributed by atoms with E-state index in [2.05, 4.69) is 4.98 Å². The Hall–Kier alpha value is -1.76. The summed E-state index contributed by atoms with van der Waals surface area (Å²) in [7, 11) is 0. The monoisotopic (exact) mass is 334 g/mol. The van der Waals surface area contributed by atoms with Crippen molar-refractivity contribution in [1.29, 1.82) is 0 Å². The largest absolute Gasteiger partial charge is 0.406 e. The number of alkyl halides is 4. The van der Waals surface area contributed by atoms with E-state index in [1.54, 1.807) is 18.2 Å². The summed E-state index contributed by atoms with van der Waals surface area (Å²) >= 11 is 5.23.